The van der Waals surface area contributed by atoms with Gasteiger partial charge in [-0.2, -0.15) is 0 Å². The monoisotopic (exact) mass is 519 g/mol. The van der Waals surface area contributed by atoms with Crippen molar-refractivity contribution in [2.45, 2.75) is 11.8 Å². The SMILES string of the molecule is C/C(=C(\F)C(=O)Nc1ccc(-c2ccccc2S(N)(=O)=O)c(C(N)=O)c1)c1ccc2ccnc(N)c2c1. The van der Waals surface area contributed by atoms with Crippen molar-refractivity contribution in [3.63, 3.8) is 0 Å². The second kappa shape index (κ2) is 9.80. The molecule has 0 radical (unpaired) electrons. The molecule has 0 spiro atoms. The van der Waals surface area contributed by atoms with E-state index in [1.54, 1.807) is 36.5 Å². The highest BCUT2D eigenvalue weighted by Crippen LogP contribution is 2.32. The van der Waals surface area contributed by atoms with E-state index in [0.717, 1.165) is 5.39 Å². The molecule has 0 aliphatic rings. The van der Waals surface area contributed by atoms with Crippen molar-refractivity contribution in [1.29, 1.82) is 0 Å². The molecule has 7 N–H and O–H groups in total. The van der Waals surface area contributed by atoms with Gasteiger partial charge in [-0.25, -0.2) is 22.9 Å². The lowest BCUT2D eigenvalue weighted by Crippen LogP contribution is -2.17. The van der Waals surface area contributed by atoms with Crippen molar-refractivity contribution in [1.82, 2.24) is 4.98 Å². The van der Waals surface area contributed by atoms with Crippen molar-refractivity contribution in [2.75, 3.05) is 11.1 Å². The molecular formula is C26H22FN5O4S. The Balaban J connectivity index is 1.68. The van der Waals surface area contributed by atoms with Gasteiger partial charge in [0.05, 0.1) is 4.90 Å². The Hall–Kier alpha value is -4.61. The lowest BCUT2D eigenvalue weighted by molar-refractivity contribution is -0.114. The number of primary amides is 1. The summed E-state index contributed by atoms with van der Waals surface area (Å²) in [5.74, 6) is -2.71. The number of pyridine rings is 1. The first-order valence-electron chi connectivity index (χ1n) is 10.9. The molecule has 0 saturated heterocycles. The molecule has 1 aromatic heterocycles. The maximum atomic E-state index is 15.1. The van der Waals surface area contributed by atoms with Crippen LogP contribution in [0.2, 0.25) is 0 Å². The number of hydrogen-bond donors (Lipinski definition) is 4. The number of nitrogens with two attached hydrogens (primary N) is 3. The molecule has 0 bridgehead atoms. The number of hydrogen-bond acceptors (Lipinski definition) is 6. The molecule has 0 saturated carbocycles. The van der Waals surface area contributed by atoms with Crippen LogP contribution in [0.3, 0.4) is 0 Å². The van der Waals surface area contributed by atoms with Gasteiger partial charge in [0.1, 0.15) is 5.82 Å². The van der Waals surface area contributed by atoms with E-state index in [1.165, 1.54) is 43.3 Å². The Morgan fingerprint density at radius 2 is 1.70 bits per heavy atom. The van der Waals surface area contributed by atoms with Crippen LogP contribution in [0.4, 0.5) is 15.9 Å². The largest absolute Gasteiger partial charge is 0.383 e. The number of primary sulfonamides is 1. The van der Waals surface area contributed by atoms with E-state index in [0.29, 0.717) is 10.9 Å². The smallest absolute Gasteiger partial charge is 0.284 e. The minimum atomic E-state index is -4.11. The van der Waals surface area contributed by atoms with E-state index in [9.17, 15) is 18.0 Å². The first kappa shape index (κ1) is 25.5. The highest BCUT2D eigenvalue weighted by atomic mass is 32.2. The van der Waals surface area contributed by atoms with Crippen LogP contribution in [0, 0.1) is 0 Å². The molecule has 3 aromatic carbocycles. The average molecular weight is 520 g/mol. The lowest BCUT2D eigenvalue weighted by atomic mass is 9.98. The molecular weight excluding hydrogens is 497 g/mol. The van der Waals surface area contributed by atoms with Crippen LogP contribution in [0.25, 0.3) is 27.5 Å². The molecule has 37 heavy (non-hydrogen) atoms. The summed E-state index contributed by atoms with van der Waals surface area (Å²) in [5.41, 5.74) is 12.3. The van der Waals surface area contributed by atoms with Crippen LogP contribution < -0.4 is 21.9 Å². The van der Waals surface area contributed by atoms with Crippen LogP contribution in [-0.4, -0.2) is 25.2 Å². The van der Waals surface area contributed by atoms with Gasteiger partial charge in [0.2, 0.25) is 15.9 Å². The number of nitrogens with one attached hydrogen (secondary N) is 1. The fraction of sp³-hybridized carbons (Fsp3) is 0.0385. The van der Waals surface area contributed by atoms with Crippen molar-refractivity contribution in [3.8, 4) is 11.1 Å². The number of anilines is 2. The third-order valence-corrected chi connectivity index (χ3v) is 6.75. The summed E-state index contributed by atoms with van der Waals surface area (Å²) in [4.78, 5) is 28.7. The number of nitrogen functional groups attached to an aromatic ring is 1. The predicted molar refractivity (Wildman–Crippen MR) is 140 cm³/mol. The number of sulfonamides is 1. The summed E-state index contributed by atoms with van der Waals surface area (Å²) in [6.07, 6.45) is 1.56. The molecule has 0 unspecified atom stereocenters. The molecule has 0 aliphatic heterocycles. The maximum Gasteiger partial charge on any atom is 0.284 e. The number of carbonyl (C=O) groups is 2. The van der Waals surface area contributed by atoms with E-state index in [4.69, 9.17) is 16.6 Å². The lowest BCUT2D eigenvalue weighted by Gasteiger charge is -2.13. The van der Waals surface area contributed by atoms with E-state index in [-0.39, 0.29) is 38.7 Å². The Kier molecular flexibility index (Phi) is 6.75. The van der Waals surface area contributed by atoms with E-state index in [2.05, 4.69) is 10.3 Å². The summed E-state index contributed by atoms with van der Waals surface area (Å²) < 4.78 is 39.1. The Labute approximate surface area is 211 Å². The maximum absolute atomic E-state index is 15.1. The Morgan fingerprint density at radius 1 is 0.973 bits per heavy atom. The summed E-state index contributed by atoms with van der Waals surface area (Å²) in [6, 6.07) is 16.7. The first-order valence-corrected chi connectivity index (χ1v) is 12.4. The van der Waals surface area contributed by atoms with Crippen LogP contribution >= 0.6 is 0 Å². The van der Waals surface area contributed by atoms with E-state index in [1.807, 2.05) is 0 Å². The molecule has 2 amide bonds. The molecule has 0 fully saturated rings. The topological polar surface area (TPSA) is 171 Å². The average Bonchev–Trinajstić information content (AvgIpc) is 2.87. The van der Waals surface area contributed by atoms with Crippen LogP contribution in [-0.2, 0) is 14.8 Å². The van der Waals surface area contributed by atoms with Crippen LogP contribution in [0.1, 0.15) is 22.8 Å². The van der Waals surface area contributed by atoms with Gasteiger partial charge in [0, 0.05) is 28.4 Å². The van der Waals surface area contributed by atoms with Crippen molar-refractivity contribution >= 4 is 49.7 Å². The van der Waals surface area contributed by atoms with Gasteiger partial charge < -0.3 is 16.8 Å². The molecule has 0 atom stereocenters. The van der Waals surface area contributed by atoms with E-state index >= 15 is 4.39 Å². The summed E-state index contributed by atoms with van der Waals surface area (Å²) in [6.45, 7) is 1.45. The van der Waals surface area contributed by atoms with Gasteiger partial charge in [-0.05, 0) is 59.3 Å². The van der Waals surface area contributed by atoms with Gasteiger partial charge in [-0.15, -0.1) is 0 Å². The first-order chi connectivity index (χ1) is 17.5. The molecule has 188 valence electrons. The third kappa shape index (κ3) is 5.17. The minimum absolute atomic E-state index is 0.0662. The van der Waals surface area contributed by atoms with Crippen LogP contribution in [0.5, 0.6) is 0 Å². The van der Waals surface area contributed by atoms with Gasteiger partial charge in [-0.3, -0.25) is 9.59 Å². The zero-order valence-corrected chi connectivity index (χ0v) is 20.3. The molecule has 9 nitrogen and oxygen atoms in total. The van der Waals surface area contributed by atoms with E-state index < -0.39 is 27.7 Å². The quantitative estimate of drug-likeness (QED) is 0.284. The third-order valence-electron chi connectivity index (χ3n) is 5.79. The van der Waals surface area contributed by atoms with Gasteiger partial charge in [-0.1, -0.05) is 36.4 Å². The van der Waals surface area contributed by atoms with Gasteiger partial charge in [0.25, 0.3) is 5.91 Å². The number of allylic oxidation sites excluding steroid dienone is 1. The number of amides is 2. The normalized spacial score (nSPS) is 12.2. The standard InChI is InChI=1S/C26H22FN5O4S/c1-14(16-7-6-15-10-11-31-24(28)20(15)12-16)23(27)26(34)32-17-8-9-18(21(13-17)25(29)33)19-4-2-3-5-22(19)37(30,35)36/h2-13H,1H3,(H2,28,31)(H2,29,33)(H,32,34)(H2,30,35,36)/b23-14+. The fourth-order valence-electron chi connectivity index (χ4n) is 3.91. The number of aromatic nitrogens is 1. The summed E-state index contributed by atoms with van der Waals surface area (Å²) in [5, 5.41) is 9.14. The van der Waals surface area contributed by atoms with Crippen LogP contribution in [0.15, 0.2) is 83.6 Å². The van der Waals surface area contributed by atoms with Gasteiger partial charge >= 0.3 is 0 Å². The number of benzene rings is 3. The predicted octanol–water partition coefficient (Wildman–Crippen LogP) is 3.57. The second-order valence-corrected chi connectivity index (χ2v) is 9.72. The Bertz CT molecular complexity index is 1720. The number of rotatable bonds is 6. The highest BCUT2D eigenvalue weighted by Gasteiger charge is 2.21. The second-order valence-electron chi connectivity index (χ2n) is 8.19. The summed E-state index contributed by atoms with van der Waals surface area (Å²) >= 11 is 0. The molecule has 0 aliphatic carbocycles. The fourth-order valence-corrected chi connectivity index (χ4v) is 4.66. The van der Waals surface area contributed by atoms with Crippen molar-refractivity contribution in [3.05, 3.63) is 89.9 Å². The van der Waals surface area contributed by atoms with Crippen molar-refractivity contribution < 1.29 is 22.4 Å². The van der Waals surface area contributed by atoms with Gasteiger partial charge in [0.15, 0.2) is 5.83 Å². The number of carbonyl (C=O) groups excluding carboxylic acids is 2. The van der Waals surface area contributed by atoms with Crippen molar-refractivity contribution in [2.24, 2.45) is 10.9 Å². The zero-order chi connectivity index (χ0) is 26.9. The number of halogens is 1. The number of nitrogens with zero attached hydrogens (tertiary/aromatic N) is 1. The highest BCUT2D eigenvalue weighted by molar-refractivity contribution is 7.89. The molecule has 11 heteroatoms. The summed E-state index contributed by atoms with van der Waals surface area (Å²) in [7, 11) is -4.11. The molecule has 1 heterocycles. The molecule has 4 aromatic rings. The Morgan fingerprint density at radius 3 is 2.41 bits per heavy atom. The molecule has 4 rings (SSSR count). The number of fused-ring (bicyclic) bond motifs is 1. The zero-order valence-electron chi connectivity index (χ0n) is 19.5. The minimum Gasteiger partial charge on any atom is -0.383 e.